The maximum atomic E-state index is 8.84. The van der Waals surface area contributed by atoms with Crippen molar-refractivity contribution in [2.24, 2.45) is 0 Å². The van der Waals surface area contributed by atoms with Crippen LogP contribution in [0.25, 0.3) is 5.57 Å². The molecule has 1 nitrogen and oxygen atoms in total. The van der Waals surface area contributed by atoms with Gasteiger partial charge in [-0.1, -0.05) is 76.8 Å². The number of fused-ring (bicyclic) bond motifs is 1. The van der Waals surface area contributed by atoms with E-state index in [1.165, 1.54) is 22.3 Å². The van der Waals surface area contributed by atoms with Gasteiger partial charge in [-0.25, -0.2) is 0 Å². The quantitative estimate of drug-likeness (QED) is 0.605. The highest BCUT2D eigenvalue weighted by Gasteiger charge is 2.33. The van der Waals surface area contributed by atoms with Crippen LogP contribution < -0.4 is 0 Å². The van der Waals surface area contributed by atoms with Crippen LogP contribution in [0.2, 0.25) is 0 Å². The van der Waals surface area contributed by atoms with Crippen molar-refractivity contribution >= 4 is 5.57 Å². The Labute approximate surface area is 157 Å². The molecule has 0 spiro atoms. The Bertz CT molecular complexity index is 931. The smallest absolute Gasteiger partial charge is 0.0669 e. The lowest BCUT2D eigenvalue weighted by Crippen LogP contribution is -2.29. The molecule has 0 fully saturated rings. The van der Waals surface area contributed by atoms with E-state index in [4.69, 9.17) is 5.26 Å². The maximum Gasteiger partial charge on any atom is 0.0669 e. The fraction of sp³-hybridized carbons (Fsp3) is 0.320. The van der Waals surface area contributed by atoms with Crippen molar-refractivity contribution in [1.29, 1.82) is 5.26 Å². The predicted octanol–water partition coefficient (Wildman–Crippen LogP) is 6.25. The first-order chi connectivity index (χ1) is 12.2. The van der Waals surface area contributed by atoms with Gasteiger partial charge >= 0.3 is 0 Å². The Hall–Kier alpha value is -2.59. The first-order valence-electron chi connectivity index (χ1n) is 9.17. The van der Waals surface area contributed by atoms with Crippen molar-refractivity contribution in [3.8, 4) is 6.07 Å². The lowest BCUT2D eigenvalue weighted by atomic mass is 9.67. The van der Waals surface area contributed by atoms with Gasteiger partial charge in [-0.15, -0.1) is 0 Å². The van der Waals surface area contributed by atoms with Crippen molar-refractivity contribution in [1.82, 2.24) is 0 Å². The molecule has 132 valence electrons. The fourth-order valence-electron chi connectivity index (χ4n) is 3.77. The summed E-state index contributed by atoms with van der Waals surface area (Å²) in [5, 5.41) is 8.84. The number of nitriles is 1. The Morgan fingerprint density at radius 3 is 2.04 bits per heavy atom. The van der Waals surface area contributed by atoms with Crippen LogP contribution in [0, 0.1) is 18.3 Å². The minimum atomic E-state index is 0.0181. The van der Waals surface area contributed by atoms with Gasteiger partial charge in [0, 0.05) is 10.8 Å². The molecule has 1 aliphatic carbocycles. The van der Waals surface area contributed by atoms with Gasteiger partial charge in [0.05, 0.1) is 12.5 Å². The molecule has 2 aromatic carbocycles. The third kappa shape index (κ3) is 3.13. The highest BCUT2D eigenvalue weighted by atomic mass is 14.4. The average Bonchev–Trinajstić information content (AvgIpc) is 2.59. The zero-order valence-electron chi connectivity index (χ0n) is 16.5. The van der Waals surface area contributed by atoms with Crippen LogP contribution in [0.1, 0.15) is 61.1 Å². The standard InChI is InChI=1S/C25H27N/c1-17-15-22-23(25(5,6)13-12-24(22,3)4)16-21(17)18(2)20-9-7-19(8-10-20)11-14-26/h7-10,12-13,15-16H,2,11H2,1,3-6H3. The van der Waals surface area contributed by atoms with Crippen LogP contribution in [0.4, 0.5) is 0 Å². The van der Waals surface area contributed by atoms with Gasteiger partial charge in [-0.2, -0.15) is 5.26 Å². The molecule has 3 rings (SSSR count). The molecule has 0 N–H and O–H groups in total. The van der Waals surface area contributed by atoms with Gasteiger partial charge in [0.1, 0.15) is 0 Å². The van der Waals surface area contributed by atoms with E-state index in [2.05, 4.69) is 83.7 Å². The Morgan fingerprint density at radius 1 is 0.962 bits per heavy atom. The van der Waals surface area contributed by atoms with Crippen LogP contribution in [0.3, 0.4) is 0 Å². The Morgan fingerprint density at radius 2 is 1.50 bits per heavy atom. The first-order valence-corrected chi connectivity index (χ1v) is 9.17. The molecule has 26 heavy (non-hydrogen) atoms. The second kappa shape index (κ2) is 6.29. The van der Waals surface area contributed by atoms with Crippen molar-refractivity contribution in [3.63, 3.8) is 0 Å². The summed E-state index contributed by atoms with van der Waals surface area (Å²) >= 11 is 0. The SMILES string of the molecule is C=C(c1ccc(CC#N)cc1)c1cc2c(cc1C)C(C)(C)C=CC2(C)C. The molecule has 0 saturated carbocycles. The number of benzene rings is 2. The molecule has 1 heteroatoms. The minimum absolute atomic E-state index is 0.0181. The van der Waals surface area contributed by atoms with E-state index in [0.717, 1.165) is 16.7 Å². The predicted molar refractivity (Wildman–Crippen MR) is 110 cm³/mol. The third-order valence-corrected chi connectivity index (χ3v) is 5.58. The Kier molecular flexibility index (Phi) is 4.41. The summed E-state index contributed by atoms with van der Waals surface area (Å²) < 4.78 is 0. The lowest BCUT2D eigenvalue weighted by Gasteiger charge is -2.37. The third-order valence-electron chi connectivity index (χ3n) is 5.58. The monoisotopic (exact) mass is 341 g/mol. The number of hydrogen-bond acceptors (Lipinski definition) is 1. The van der Waals surface area contributed by atoms with Crippen LogP contribution in [-0.2, 0) is 17.3 Å². The van der Waals surface area contributed by atoms with E-state index in [1.54, 1.807) is 0 Å². The maximum absolute atomic E-state index is 8.84. The zero-order valence-corrected chi connectivity index (χ0v) is 16.5. The number of allylic oxidation sites excluding steroid dienone is 2. The molecule has 0 heterocycles. The fourth-order valence-corrected chi connectivity index (χ4v) is 3.77. The Balaban J connectivity index is 2.07. The zero-order chi connectivity index (χ0) is 19.1. The van der Waals surface area contributed by atoms with E-state index in [0.29, 0.717) is 6.42 Å². The lowest BCUT2D eigenvalue weighted by molar-refractivity contribution is 0.562. The molecular weight excluding hydrogens is 314 g/mol. The van der Waals surface area contributed by atoms with Crippen LogP contribution in [-0.4, -0.2) is 0 Å². The molecule has 2 aromatic rings. The van der Waals surface area contributed by atoms with Gasteiger partial charge in [0.2, 0.25) is 0 Å². The summed E-state index contributed by atoms with van der Waals surface area (Å²) in [4.78, 5) is 0. The van der Waals surface area contributed by atoms with Crippen molar-refractivity contribution in [2.75, 3.05) is 0 Å². The molecule has 0 bridgehead atoms. The van der Waals surface area contributed by atoms with Gasteiger partial charge in [-0.05, 0) is 51.9 Å². The van der Waals surface area contributed by atoms with E-state index in [9.17, 15) is 0 Å². The van der Waals surface area contributed by atoms with E-state index in [1.807, 2.05) is 12.1 Å². The minimum Gasteiger partial charge on any atom is -0.198 e. The van der Waals surface area contributed by atoms with Gasteiger partial charge in [-0.3, -0.25) is 0 Å². The number of hydrogen-bond donors (Lipinski definition) is 0. The summed E-state index contributed by atoms with van der Waals surface area (Å²) in [6.45, 7) is 15.7. The number of nitrogens with zero attached hydrogens (tertiary/aromatic N) is 1. The van der Waals surface area contributed by atoms with Crippen molar-refractivity contribution in [2.45, 2.75) is 51.9 Å². The molecule has 1 aliphatic rings. The van der Waals surface area contributed by atoms with E-state index in [-0.39, 0.29) is 10.8 Å². The molecule has 0 amide bonds. The molecule has 0 aliphatic heterocycles. The largest absolute Gasteiger partial charge is 0.198 e. The highest BCUT2D eigenvalue weighted by Crippen LogP contribution is 2.43. The number of aryl methyl sites for hydroxylation is 1. The van der Waals surface area contributed by atoms with Crippen LogP contribution in [0.15, 0.2) is 55.1 Å². The summed E-state index contributed by atoms with van der Waals surface area (Å²) in [7, 11) is 0. The van der Waals surface area contributed by atoms with Crippen molar-refractivity contribution < 1.29 is 0 Å². The van der Waals surface area contributed by atoms with E-state index >= 15 is 0 Å². The summed E-state index contributed by atoms with van der Waals surface area (Å²) in [6, 6.07) is 15.1. The van der Waals surface area contributed by atoms with E-state index < -0.39 is 0 Å². The molecule has 0 unspecified atom stereocenters. The van der Waals surface area contributed by atoms with Gasteiger partial charge in [0.15, 0.2) is 0 Å². The topological polar surface area (TPSA) is 23.8 Å². The first kappa shape index (κ1) is 18.2. The van der Waals surface area contributed by atoms with Gasteiger partial charge < -0.3 is 0 Å². The normalized spacial score (nSPS) is 16.6. The van der Waals surface area contributed by atoms with Crippen molar-refractivity contribution in [3.05, 3.63) is 88.5 Å². The van der Waals surface area contributed by atoms with Crippen LogP contribution >= 0.6 is 0 Å². The van der Waals surface area contributed by atoms with Crippen LogP contribution in [0.5, 0.6) is 0 Å². The summed E-state index contributed by atoms with van der Waals surface area (Å²) in [5.74, 6) is 0. The molecule has 0 atom stereocenters. The second-order valence-electron chi connectivity index (χ2n) is 8.50. The average molecular weight is 341 g/mol. The van der Waals surface area contributed by atoms with Gasteiger partial charge in [0.25, 0.3) is 0 Å². The molecular formula is C25H27N. The highest BCUT2D eigenvalue weighted by molar-refractivity contribution is 5.81. The molecule has 0 aromatic heterocycles. The second-order valence-corrected chi connectivity index (χ2v) is 8.50. The molecule has 0 radical (unpaired) electrons. The molecule has 0 saturated heterocycles. The number of rotatable bonds is 3. The summed E-state index contributed by atoms with van der Waals surface area (Å²) in [5.41, 5.74) is 8.51. The summed E-state index contributed by atoms with van der Waals surface area (Å²) in [6.07, 6.45) is 5.10.